The molecule has 0 radical (unpaired) electrons. The van der Waals surface area contributed by atoms with Gasteiger partial charge >= 0.3 is 0 Å². The highest BCUT2D eigenvalue weighted by molar-refractivity contribution is 5.52. The minimum Gasteiger partial charge on any atom is -0.0594 e. The van der Waals surface area contributed by atoms with E-state index in [9.17, 15) is 0 Å². The maximum absolute atomic E-state index is 2.67. The minimum absolute atomic E-state index is 0.617. The molecule has 0 amide bonds. The van der Waals surface area contributed by atoms with Crippen molar-refractivity contribution in [3.8, 4) is 0 Å². The third-order valence-electron chi connectivity index (χ3n) is 9.22. The van der Waals surface area contributed by atoms with Crippen molar-refractivity contribution in [3.63, 3.8) is 0 Å². The summed E-state index contributed by atoms with van der Waals surface area (Å²) < 4.78 is 0. The molecule has 5 fully saturated rings. The van der Waals surface area contributed by atoms with Crippen LogP contribution in [0.5, 0.6) is 0 Å². The first-order valence-corrected chi connectivity index (χ1v) is 7.76. The van der Waals surface area contributed by atoms with Crippen molar-refractivity contribution in [2.45, 2.75) is 60.3 Å². The number of hydrogen-bond acceptors (Lipinski definition) is 0. The monoisotopic (exact) mass is 230 g/mol. The Bertz CT molecular complexity index is 457. The van der Waals surface area contributed by atoms with Crippen LogP contribution in [-0.4, -0.2) is 0 Å². The molecule has 0 aromatic carbocycles. The number of rotatable bonds is 1. The summed E-state index contributed by atoms with van der Waals surface area (Å²) in [7, 11) is 0. The van der Waals surface area contributed by atoms with Crippen LogP contribution in [0.15, 0.2) is 0 Å². The lowest BCUT2D eigenvalue weighted by Crippen LogP contribution is -2.36. The fourth-order valence-electron chi connectivity index (χ4n) is 7.76. The number of fused-ring (bicyclic) bond motifs is 2. The Morgan fingerprint density at radius 2 is 1.53 bits per heavy atom. The van der Waals surface area contributed by atoms with E-state index in [-0.39, 0.29) is 0 Å². The molecule has 0 bridgehead atoms. The molecule has 0 aromatic rings. The summed E-state index contributed by atoms with van der Waals surface area (Å²) in [5.41, 5.74) is 3.71. The van der Waals surface area contributed by atoms with Crippen LogP contribution < -0.4 is 0 Å². The van der Waals surface area contributed by atoms with Gasteiger partial charge in [-0.3, -0.25) is 0 Å². The standard InChI is InChI=1S/C17H26/c1-13(2)9-11-16(5)12-10(14(3)6-7-14)8-15(13,4)17(11,12)16/h10-12H,6-9H2,1-5H3. The van der Waals surface area contributed by atoms with Gasteiger partial charge < -0.3 is 0 Å². The lowest BCUT2D eigenvalue weighted by Gasteiger charge is -2.43. The smallest absolute Gasteiger partial charge is 0.0108 e. The van der Waals surface area contributed by atoms with Gasteiger partial charge in [-0.25, -0.2) is 0 Å². The molecule has 0 aromatic heterocycles. The van der Waals surface area contributed by atoms with Gasteiger partial charge in [-0.1, -0.05) is 34.6 Å². The average Bonchev–Trinajstić information content (AvgIpc) is 3.10. The van der Waals surface area contributed by atoms with Gasteiger partial charge in [-0.2, -0.15) is 0 Å². The molecular weight excluding hydrogens is 204 g/mol. The molecular formula is C17H26. The Hall–Kier alpha value is 0. The Balaban J connectivity index is 1.65. The van der Waals surface area contributed by atoms with E-state index in [4.69, 9.17) is 0 Å². The highest BCUT2D eigenvalue weighted by Crippen LogP contribution is 3.10. The molecule has 94 valence electrons. The highest BCUT2D eigenvalue weighted by atomic mass is 15.1. The SMILES string of the molecule is CC1(C2CC3(C)C(C)(C)CC4C5(C)C2C453)CC1. The molecule has 0 saturated heterocycles. The summed E-state index contributed by atoms with van der Waals surface area (Å²) in [5, 5.41) is 0. The predicted molar refractivity (Wildman–Crippen MR) is 69.5 cm³/mol. The Kier molecular flexibility index (Phi) is 1.13. The lowest BCUT2D eigenvalue weighted by molar-refractivity contribution is 0.0556. The zero-order valence-corrected chi connectivity index (χ0v) is 12.1. The van der Waals surface area contributed by atoms with Crippen LogP contribution in [0.25, 0.3) is 0 Å². The predicted octanol–water partition coefficient (Wildman–Crippen LogP) is 4.49. The fraction of sp³-hybridized carbons (Fsp3) is 1.00. The van der Waals surface area contributed by atoms with Gasteiger partial charge in [0.05, 0.1) is 0 Å². The molecule has 1 spiro atoms. The lowest BCUT2D eigenvalue weighted by atomic mass is 9.61. The van der Waals surface area contributed by atoms with E-state index in [1.807, 2.05) is 0 Å². The summed E-state index contributed by atoms with van der Waals surface area (Å²) in [5.74, 6) is 3.35. The van der Waals surface area contributed by atoms with Crippen LogP contribution in [-0.2, 0) is 0 Å². The first kappa shape index (κ1) is 9.87. The van der Waals surface area contributed by atoms with Gasteiger partial charge in [0.1, 0.15) is 0 Å². The Morgan fingerprint density at radius 1 is 0.882 bits per heavy atom. The van der Waals surface area contributed by atoms with Gasteiger partial charge in [-0.15, -0.1) is 0 Å². The van der Waals surface area contributed by atoms with Crippen molar-refractivity contribution in [2.24, 2.45) is 44.8 Å². The molecule has 6 atom stereocenters. The van der Waals surface area contributed by atoms with Crippen LogP contribution in [0.2, 0.25) is 0 Å². The first-order valence-electron chi connectivity index (χ1n) is 7.76. The van der Waals surface area contributed by atoms with Crippen LogP contribution in [0, 0.1) is 44.8 Å². The van der Waals surface area contributed by atoms with Gasteiger partial charge in [0.15, 0.2) is 0 Å². The highest BCUT2D eigenvalue weighted by Gasteiger charge is 3.06. The molecule has 5 aliphatic carbocycles. The van der Waals surface area contributed by atoms with Crippen molar-refractivity contribution in [1.82, 2.24) is 0 Å². The third-order valence-corrected chi connectivity index (χ3v) is 9.22. The zero-order valence-electron chi connectivity index (χ0n) is 12.1. The van der Waals surface area contributed by atoms with Crippen molar-refractivity contribution in [1.29, 1.82) is 0 Å². The zero-order chi connectivity index (χ0) is 12.1. The molecule has 5 saturated carbocycles. The van der Waals surface area contributed by atoms with E-state index < -0.39 is 0 Å². The summed E-state index contributed by atoms with van der Waals surface area (Å²) in [4.78, 5) is 0. The van der Waals surface area contributed by atoms with Crippen LogP contribution >= 0.6 is 0 Å². The Labute approximate surface area is 106 Å². The second-order valence-corrected chi connectivity index (χ2v) is 9.57. The summed E-state index contributed by atoms with van der Waals surface area (Å²) in [6.07, 6.45) is 6.15. The van der Waals surface area contributed by atoms with Crippen LogP contribution in [0.1, 0.15) is 60.3 Å². The summed E-state index contributed by atoms with van der Waals surface area (Å²) >= 11 is 0. The number of hydrogen-bond donors (Lipinski definition) is 0. The third kappa shape index (κ3) is 0.605. The van der Waals surface area contributed by atoms with E-state index in [1.54, 1.807) is 6.42 Å². The second-order valence-electron chi connectivity index (χ2n) is 9.57. The van der Waals surface area contributed by atoms with Crippen LogP contribution in [0.4, 0.5) is 0 Å². The molecule has 17 heavy (non-hydrogen) atoms. The van der Waals surface area contributed by atoms with E-state index >= 15 is 0 Å². The van der Waals surface area contributed by atoms with Gasteiger partial charge in [0.25, 0.3) is 0 Å². The Morgan fingerprint density at radius 3 is 2.06 bits per heavy atom. The van der Waals surface area contributed by atoms with Gasteiger partial charge in [0.2, 0.25) is 0 Å². The molecule has 0 aliphatic heterocycles. The molecule has 0 nitrogen and oxygen atoms in total. The maximum atomic E-state index is 2.67. The molecule has 0 heterocycles. The van der Waals surface area contributed by atoms with E-state index in [0.717, 1.165) is 34.0 Å². The molecule has 5 rings (SSSR count). The van der Waals surface area contributed by atoms with Crippen molar-refractivity contribution in [2.75, 3.05) is 0 Å². The molecule has 5 aliphatic rings. The van der Waals surface area contributed by atoms with E-state index in [1.165, 1.54) is 19.3 Å². The fourth-order valence-corrected chi connectivity index (χ4v) is 7.76. The largest absolute Gasteiger partial charge is 0.0594 e. The minimum atomic E-state index is 0.617. The van der Waals surface area contributed by atoms with Crippen molar-refractivity contribution in [3.05, 3.63) is 0 Å². The first-order chi connectivity index (χ1) is 7.76. The van der Waals surface area contributed by atoms with Crippen molar-refractivity contribution < 1.29 is 0 Å². The molecule has 0 N–H and O–H groups in total. The quantitative estimate of drug-likeness (QED) is 0.622. The van der Waals surface area contributed by atoms with Crippen LogP contribution in [0.3, 0.4) is 0 Å². The second kappa shape index (κ2) is 1.95. The molecule has 6 unspecified atom stereocenters. The topological polar surface area (TPSA) is 0 Å². The average molecular weight is 230 g/mol. The summed E-state index contributed by atoms with van der Waals surface area (Å²) in [6.45, 7) is 13.0. The van der Waals surface area contributed by atoms with Gasteiger partial charge in [-0.05, 0) is 70.5 Å². The molecule has 0 heteroatoms. The van der Waals surface area contributed by atoms with E-state index in [2.05, 4.69) is 34.6 Å². The normalized spacial score (nSPS) is 70.8. The van der Waals surface area contributed by atoms with Crippen molar-refractivity contribution >= 4 is 0 Å². The van der Waals surface area contributed by atoms with E-state index in [0.29, 0.717) is 10.8 Å². The van der Waals surface area contributed by atoms with Gasteiger partial charge in [0, 0.05) is 0 Å². The summed E-state index contributed by atoms with van der Waals surface area (Å²) in [6, 6.07) is 0. The maximum Gasteiger partial charge on any atom is -0.0108 e.